The highest BCUT2D eigenvalue weighted by molar-refractivity contribution is 9.10. The molecule has 0 aromatic heterocycles. The standard InChI is InChI=1S/C13H19BrN2O2/c1-9(17)10-4-5-12(11(14)8-10)16(3)7-6-13(18)15-2/h4-5,8-9,17H,6-7H2,1-3H3,(H,15,18). The lowest BCUT2D eigenvalue weighted by molar-refractivity contribution is -0.120. The molecule has 0 heterocycles. The van der Waals surface area contributed by atoms with Gasteiger partial charge in [0.1, 0.15) is 0 Å². The molecule has 1 rings (SSSR count). The normalized spacial score (nSPS) is 12.1. The van der Waals surface area contributed by atoms with Crippen molar-refractivity contribution in [1.29, 1.82) is 0 Å². The number of carbonyl (C=O) groups is 1. The van der Waals surface area contributed by atoms with Crippen molar-refractivity contribution in [3.05, 3.63) is 28.2 Å². The maximum Gasteiger partial charge on any atom is 0.221 e. The van der Waals surface area contributed by atoms with Crippen LogP contribution in [0, 0.1) is 0 Å². The van der Waals surface area contributed by atoms with E-state index in [1.54, 1.807) is 14.0 Å². The van der Waals surface area contributed by atoms with Crippen LogP contribution < -0.4 is 10.2 Å². The summed E-state index contributed by atoms with van der Waals surface area (Å²) in [6, 6.07) is 5.73. The molecule has 5 heteroatoms. The number of amides is 1. The van der Waals surface area contributed by atoms with Gasteiger partial charge in [-0.3, -0.25) is 4.79 Å². The highest BCUT2D eigenvalue weighted by Crippen LogP contribution is 2.28. The van der Waals surface area contributed by atoms with E-state index in [9.17, 15) is 9.90 Å². The van der Waals surface area contributed by atoms with Crippen LogP contribution in [-0.4, -0.2) is 31.7 Å². The first kappa shape index (κ1) is 15.0. The second-order valence-corrected chi connectivity index (χ2v) is 5.09. The fraction of sp³-hybridized carbons (Fsp3) is 0.462. The minimum absolute atomic E-state index is 0.0265. The molecule has 4 nitrogen and oxygen atoms in total. The number of rotatable bonds is 5. The van der Waals surface area contributed by atoms with Gasteiger partial charge in [0.05, 0.1) is 11.8 Å². The Kier molecular flexibility index (Phi) is 5.62. The molecule has 18 heavy (non-hydrogen) atoms. The maximum absolute atomic E-state index is 11.2. The van der Waals surface area contributed by atoms with Crippen LogP contribution in [-0.2, 0) is 4.79 Å². The summed E-state index contributed by atoms with van der Waals surface area (Å²) in [5.74, 6) is 0.0265. The largest absolute Gasteiger partial charge is 0.389 e. The number of hydrogen-bond acceptors (Lipinski definition) is 3. The van der Waals surface area contributed by atoms with Crippen molar-refractivity contribution in [2.45, 2.75) is 19.4 Å². The molecule has 100 valence electrons. The third-order valence-electron chi connectivity index (χ3n) is 2.82. The van der Waals surface area contributed by atoms with Crippen LogP contribution in [0.4, 0.5) is 5.69 Å². The van der Waals surface area contributed by atoms with E-state index in [2.05, 4.69) is 21.2 Å². The Morgan fingerprint density at radius 1 is 1.56 bits per heavy atom. The molecule has 1 aromatic rings. The predicted molar refractivity (Wildman–Crippen MR) is 76.7 cm³/mol. The molecule has 0 bridgehead atoms. The quantitative estimate of drug-likeness (QED) is 0.875. The van der Waals surface area contributed by atoms with Gasteiger partial charge in [-0.05, 0) is 40.5 Å². The lowest BCUT2D eigenvalue weighted by Gasteiger charge is -2.21. The lowest BCUT2D eigenvalue weighted by atomic mass is 10.1. The summed E-state index contributed by atoms with van der Waals surface area (Å²) in [5.41, 5.74) is 1.87. The van der Waals surface area contributed by atoms with Crippen molar-refractivity contribution in [3.8, 4) is 0 Å². The molecule has 1 unspecified atom stereocenters. The van der Waals surface area contributed by atoms with E-state index in [1.165, 1.54) is 0 Å². The highest BCUT2D eigenvalue weighted by Gasteiger charge is 2.10. The third-order valence-corrected chi connectivity index (χ3v) is 3.45. The zero-order valence-electron chi connectivity index (χ0n) is 10.9. The van der Waals surface area contributed by atoms with Crippen molar-refractivity contribution >= 4 is 27.5 Å². The van der Waals surface area contributed by atoms with Gasteiger partial charge in [-0.2, -0.15) is 0 Å². The average molecular weight is 315 g/mol. The van der Waals surface area contributed by atoms with Gasteiger partial charge in [-0.15, -0.1) is 0 Å². The lowest BCUT2D eigenvalue weighted by Crippen LogP contribution is -2.26. The van der Waals surface area contributed by atoms with Gasteiger partial charge in [-0.1, -0.05) is 6.07 Å². The van der Waals surface area contributed by atoms with Gasteiger partial charge in [0.15, 0.2) is 0 Å². The molecule has 0 aliphatic rings. The first-order valence-corrected chi connectivity index (χ1v) is 6.64. The zero-order chi connectivity index (χ0) is 13.7. The van der Waals surface area contributed by atoms with Gasteiger partial charge in [0.2, 0.25) is 5.91 Å². The van der Waals surface area contributed by atoms with Crippen molar-refractivity contribution in [1.82, 2.24) is 5.32 Å². The van der Waals surface area contributed by atoms with Gasteiger partial charge >= 0.3 is 0 Å². The number of carbonyl (C=O) groups excluding carboxylic acids is 1. The van der Waals surface area contributed by atoms with Gasteiger partial charge in [0.25, 0.3) is 0 Å². The summed E-state index contributed by atoms with van der Waals surface area (Å²) in [5, 5.41) is 12.1. The summed E-state index contributed by atoms with van der Waals surface area (Å²) in [7, 11) is 3.57. The number of aliphatic hydroxyl groups is 1. The number of anilines is 1. The minimum atomic E-state index is -0.480. The van der Waals surface area contributed by atoms with Gasteiger partial charge in [0, 0.05) is 31.5 Å². The highest BCUT2D eigenvalue weighted by atomic mass is 79.9. The van der Waals surface area contributed by atoms with E-state index in [1.807, 2.05) is 30.1 Å². The molecule has 0 fully saturated rings. The molecule has 1 amide bonds. The van der Waals surface area contributed by atoms with Crippen LogP contribution in [0.15, 0.2) is 22.7 Å². The van der Waals surface area contributed by atoms with E-state index < -0.39 is 6.10 Å². The Bertz CT molecular complexity index is 421. The van der Waals surface area contributed by atoms with Crippen LogP contribution in [0.2, 0.25) is 0 Å². The monoisotopic (exact) mass is 314 g/mol. The van der Waals surface area contributed by atoms with Gasteiger partial charge < -0.3 is 15.3 Å². The Labute approximate surface area is 116 Å². The van der Waals surface area contributed by atoms with E-state index in [4.69, 9.17) is 0 Å². The summed E-state index contributed by atoms with van der Waals surface area (Å²) < 4.78 is 0.917. The first-order chi connectivity index (χ1) is 8.45. The summed E-state index contributed by atoms with van der Waals surface area (Å²) >= 11 is 3.49. The molecule has 0 aliphatic heterocycles. The van der Waals surface area contributed by atoms with Crippen molar-refractivity contribution in [2.24, 2.45) is 0 Å². The topological polar surface area (TPSA) is 52.6 Å². The number of aliphatic hydroxyl groups excluding tert-OH is 1. The number of halogens is 1. The molecule has 0 saturated carbocycles. The Morgan fingerprint density at radius 3 is 2.72 bits per heavy atom. The maximum atomic E-state index is 11.2. The van der Waals surface area contributed by atoms with E-state index >= 15 is 0 Å². The van der Waals surface area contributed by atoms with Crippen LogP contribution in [0.1, 0.15) is 25.0 Å². The fourth-order valence-electron chi connectivity index (χ4n) is 1.61. The van der Waals surface area contributed by atoms with E-state index in [0.717, 1.165) is 15.7 Å². The molecular weight excluding hydrogens is 296 g/mol. The minimum Gasteiger partial charge on any atom is -0.389 e. The Balaban J connectivity index is 2.74. The molecule has 0 spiro atoms. The molecule has 1 atom stereocenters. The molecule has 2 N–H and O–H groups in total. The average Bonchev–Trinajstić information content (AvgIpc) is 2.35. The Morgan fingerprint density at radius 2 is 2.22 bits per heavy atom. The summed E-state index contributed by atoms with van der Waals surface area (Å²) in [4.78, 5) is 13.2. The second-order valence-electron chi connectivity index (χ2n) is 4.23. The van der Waals surface area contributed by atoms with Crippen molar-refractivity contribution in [3.63, 3.8) is 0 Å². The first-order valence-electron chi connectivity index (χ1n) is 5.85. The molecule has 0 saturated heterocycles. The Hall–Kier alpha value is -1.07. The van der Waals surface area contributed by atoms with Crippen LogP contribution in [0.25, 0.3) is 0 Å². The SMILES string of the molecule is CNC(=O)CCN(C)c1ccc(C(C)O)cc1Br. The van der Waals surface area contributed by atoms with Crippen molar-refractivity contribution < 1.29 is 9.90 Å². The van der Waals surface area contributed by atoms with E-state index in [0.29, 0.717) is 13.0 Å². The number of nitrogens with one attached hydrogen (secondary N) is 1. The zero-order valence-corrected chi connectivity index (χ0v) is 12.5. The smallest absolute Gasteiger partial charge is 0.221 e. The molecular formula is C13H19BrN2O2. The number of nitrogens with zero attached hydrogens (tertiary/aromatic N) is 1. The molecule has 0 aliphatic carbocycles. The van der Waals surface area contributed by atoms with Gasteiger partial charge in [-0.25, -0.2) is 0 Å². The van der Waals surface area contributed by atoms with Crippen LogP contribution in [0.5, 0.6) is 0 Å². The van der Waals surface area contributed by atoms with Crippen molar-refractivity contribution in [2.75, 3.05) is 25.5 Å². The predicted octanol–water partition coefficient (Wildman–Crippen LogP) is 2.07. The molecule has 1 aromatic carbocycles. The summed E-state index contributed by atoms with van der Waals surface area (Å²) in [6.07, 6.45) is -0.0241. The second kappa shape index (κ2) is 6.75. The number of benzene rings is 1. The van der Waals surface area contributed by atoms with Crippen LogP contribution >= 0.6 is 15.9 Å². The van der Waals surface area contributed by atoms with E-state index in [-0.39, 0.29) is 5.91 Å². The summed E-state index contributed by atoms with van der Waals surface area (Å²) in [6.45, 7) is 2.38. The third kappa shape index (κ3) is 3.99. The number of hydrogen-bond donors (Lipinski definition) is 2. The fourth-order valence-corrected chi connectivity index (χ4v) is 2.31. The van der Waals surface area contributed by atoms with Crippen LogP contribution in [0.3, 0.4) is 0 Å². The molecule has 0 radical (unpaired) electrons.